The standard InChI is InChI=1S/C27H33Cl2N3O3/c28-22-8-7-21(24(29)18-22)17-25(30-19-33)27(34)32-13-9-20(10-14-32)23-5-1-2-6-26(23)35-16-15-31-11-3-4-12-31/h1-2,5-8,18-20,25H,3-4,9-17H2,(H,30,33)/t25-/m1/s1. The van der Waals surface area contributed by atoms with Gasteiger partial charge in [0.25, 0.3) is 0 Å². The van der Waals surface area contributed by atoms with Crippen molar-refractivity contribution < 1.29 is 14.3 Å². The van der Waals surface area contributed by atoms with E-state index in [1.807, 2.05) is 11.0 Å². The topological polar surface area (TPSA) is 61.9 Å². The van der Waals surface area contributed by atoms with Crippen molar-refractivity contribution in [2.75, 3.05) is 39.3 Å². The molecule has 4 rings (SSSR count). The normalized spacial score (nSPS) is 17.8. The van der Waals surface area contributed by atoms with Crippen molar-refractivity contribution in [1.82, 2.24) is 15.1 Å². The van der Waals surface area contributed by atoms with Crippen LogP contribution in [-0.2, 0) is 16.0 Å². The van der Waals surface area contributed by atoms with E-state index >= 15 is 0 Å². The average Bonchev–Trinajstić information content (AvgIpc) is 3.39. The van der Waals surface area contributed by atoms with E-state index < -0.39 is 6.04 Å². The zero-order chi connectivity index (χ0) is 24.6. The minimum atomic E-state index is -0.663. The number of piperidine rings is 1. The Morgan fingerprint density at radius 3 is 2.54 bits per heavy atom. The minimum absolute atomic E-state index is 0.0864. The zero-order valence-corrected chi connectivity index (χ0v) is 21.4. The summed E-state index contributed by atoms with van der Waals surface area (Å²) in [5, 5.41) is 3.70. The van der Waals surface area contributed by atoms with Crippen LogP contribution in [0.5, 0.6) is 5.75 Å². The van der Waals surface area contributed by atoms with E-state index in [0.29, 0.717) is 48.5 Å². The van der Waals surface area contributed by atoms with Gasteiger partial charge in [-0.3, -0.25) is 14.5 Å². The third kappa shape index (κ3) is 6.90. The predicted octanol–water partition coefficient (Wildman–Crippen LogP) is 4.53. The summed E-state index contributed by atoms with van der Waals surface area (Å²) < 4.78 is 6.19. The molecule has 8 heteroatoms. The lowest BCUT2D eigenvalue weighted by Crippen LogP contribution is -2.49. The van der Waals surface area contributed by atoms with Crippen LogP contribution in [0.25, 0.3) is 0 Å². The quantitative estimate of drug-likeness (QED) is 0.470. The van der Waals surface area contributed by atoms with Crippen LogP contribution in [0.1, 0.15) is 42.7 Å². The second-order valence-corrected chi connectivity index (χ2v) is 10.2. The second kappa shape index (κ2) is 12.6. The van der Waals surface area contributed by atoms with Crippen LogP contribution in [0, 0.1) is 0 Å². The van der Waals surface area contributed by atoms with Gasteiger partial charge in [0.05, 0.1) is 0 Å². The van der Waals surface area contributed by atoms with Crippen molar-refractivity contribution in [3.05, 3.63) is 63.6 Å². The Kier molecular flexibility index (Phi) is 9.30. The van der Waals surface area contributed by atoms with Gasteiger partial charge >= 0.3 is 0 Å². The molecule has 6 nitrogen and oxygen atoms in total. The molecule has 0 saturated carbocycles. The van der Waals surface area contributed by atoms with Crippen LogP contribution >= 0.6 is 23.2 Å². The molecule has 0 bridgehead atoms. The van der Waals surface area contributed by atoms with Gasteiger partial charge < -0.3 is 15.0 Å². The molecule has 188 valence electrons. The first-order valence-corrected chi connectivity index (χ1v) is 13.2. The molecule has 0 spiro atoms. The van der Waals surface area contributed by atoms with Gasteiger partial charge in [0.15, 0.2) is 0 Å². The Morgan fingerprint density at radius 1 is 1.09 bits per heavy atom. The summed E-state index contributed by atoms with van der Waals surface area (Å²) >= 11 is 12.3. The smallest absolute Gasteiger partial charge is 0.245 e. The molecule has 2 aliphatic heterocycles. The summed E-state index contributed by atoms with van der Waals surface area (Å²) in [4.78, 5) is 28.8. The largest absolute Gasteiger partial charge is 0.492 e. The maximum atomic E-state index is 13.3. The van der Waals surface area contributed by atoms with E-state index in [1.54, 1.807) is 18.2 Å². The molecule has 0 unspecified atom stereocenters. The number of hydrogen-bond acceptors (Lipinski definition) is 4. The SMILES string of the molecule is O=CN[C@H](Cc1ccc(Cl)cc1Cl)C(=O)N1CCC(c2ccccc2OCCN2CCCC2)CC1. The van der Waals surface area contributed by atoms with Crippen molar-refractivity contribution in [2.24, 2.45) is 0 Å². The molecule has 2 aromatic carbocycles. The summed E-state index contributed by atoms with van der Waals surface area (Å²) in [6, 6.07) is 12.8. The van der Waals surface area contributed by atoms with Gasteiger partial charge in [-0.25, -0.2) is 0 Å². The molecule has 0 aromatic heterocycles. The van der Waals surface area contributed by atoms with Gasteiger partial charge in [-0.2, -0.15) is 0 Å². The van der Waals surface area contributed by atoms with E-state index in [9.17, 15) is 9.59 Å². The third-order valence-corrected chi connectivity index (χ3v) is 7.62. The Bertz CT molecular complexity index is 1000. The van der Waals surface area contributed by atoms with Crippen LogP contribution in [0.3, 0.4) is 0 Å². The summed E-state index contributed by atoms with van der Waals surface area (Å²) in [6.45, 7) is 5.27. The Balaban J connectivity index is 1.34. The summed E-state index contributed by atoms with van der Waals surface area (Å²) in [5.74, 6) is 1.20. The first-order chi connectivity index (χ1) is 17.0. The lowest BCUT2D eigenvalue weighted by molar-refractivity contribution is -0.135. The van der Waals surface area contributed by atoms with Gasteiger partial charge in [0.2, 0.25) is 12.3 Å². The first kappa shape index (κ1) is 25.8. The van der Waals surface area contributed by atoms with Crippen molar-refractivity contribution in [3.8, 4) is 5.75 Å². The molecule has 0 radical (unpaired) electrons. The number of ether oxygens (including phenoxy) is 1. The molecule has 2 heterocycles. The number of likely N-dealkylation sites (tertiary alicyclic amines) is 2. The number of amides is 2. The Hall–Kier alpha value is -2.28. The van der Waals surface area contributed by atoms with Crippen molar-refractivity contribution >= 4 is 35.5 Å². The maximum Gasteiger partial charge on any atom is 0.245 e. The van der Waals surface area contributed by atoms with Crippen molar-refractivity contribution in [3.63, 3.8) is 0 Å². The molecule has 2 aliphatic rings. The molecule has 1 atom stereocenters. The number of carbonyl (C=O) groups excluding carboxylic acids is 2. The number of nitrogens with one attached hydrogen (secondary N) is 1. The molecular weight excluding hydrogens is 485 g/mol. The van der Waals surface area contributed by atoms with Gasteiger partial charge in [-0.15, -0.1) is 0 Å². The van der Waals surface area contributed by atoms with E-state index in [2.05, 4.69) is 28.4 Å². The van der Waals surface area contributed by atoms with Gasteiger partial charge in [0.1, 0.15) is 18.4 Å². The second-order valence-electron chi connectivity index (χ2n) is 9.31. The van der Waals surface area contributed by atoms with Crippen LogP contribution in [0.4, 0.5) is 0 Å². The number of hydrogen-bond donors (Lipinski definition) is 1. The number of nitrogens with zero attached hydrogens (tertiary/aromatic N) is 2. The van der Waals surface area contributed by atoms with Gasteiger partial charge in [-0.1, -0.05) is 47.5 Å². The maximum absolute atomic E-state index is 13.3. The monoisotopic (exact) mass is 517 g/mol. The molecule has 0 aliphatic carbocycles. The summed E-state index contributed by atoms with van der Waals surface area (Å²) in [7, 11) is 0. The predicted molar refractivity (Wildman–Crippen MR) is 139 cm³/mol. The highest BCUT2D eigenvalue weighted by Crippen LogP contribution is 2.34. The number of benzene rings is 2. The fourth-order valence-corrected chi connectivity index (χ4v) is 5.56. The highest BCUT2D eigenvalue weighted by atomic mass is 35.5. The average molecular weight is 518 g/mol. The Morgan fingerprint density at radius 2 is 1.83 bits per heavy atom. The highest BCUT2D eigenvalue weighted by molar-refractivity contribution is 6.35. The summed E-state index contributed by atoms with van der Waals surface area (Å²) in [5.41, 5.74) is 2.00. The van der Waals surface area contributed by atoms with Crippen LogP contribution < -0.4 is 10.1 Å². The van der Waals surface area contributed by atoms with Crippen LogP contribution in [0.15, 0.2) is 42.5 Å². The Labute approximate surface area is 217 Å². The molecule has 1 N–H and O–H groups in total. The molecule has 2 saturated heterocycles. The minimum Gasteiger partial charge on any atom is -0.492 e. The van der Waals surface area contributed by atoms with Gasteiger partial charge in [-0.05, 0) is 74.0 Å². The number of rotatable bonds is 10. The van der Waals surface area contributed by atoms with Crippen LogP contribution in [0.2, 0.25) is 10.0 Å². The lowest BCUT2D eigenvalue weighted by Gasteiger charge is -2.35. The molecule has 35 heavy (non-hydrogen) atoms. The van der Waals surface area contributed by atoms with Gasteiger partial charge in [0, 0.05) is 36.1 Å². The molecule has 2 aromatic rings. The van der Waals surface area contributed by atoms with E-state index in [4.69, 9.17) is 27.9 Å². The lowest BCUT2D eigenvalue weighted by atomic mass is 9.88. The number of para-hydroxylation sites is 1. The first-order valence-electron chi connectivity index (χ1n) is 12.4. The zero-order valence-electron chi connectivity index (χ0n) is 19.9. The van der Waals surface area contributed by atoms with E-state index in [0.717, 1.165) is 30.7 Å². The van der Waals surface area contributed by atoms with Crippen molar-refractivity contribution in [2.45, 2.75) is 44.1 Å². The molecule has 2 fully saturated rings. The summed E-state index contributed by atoms with van der Waals surface area (Å²) in [6.07, 6.45) is 5.17. The van der Waals surface area contributed by atoms with E-state index in [1.165, 1.54) is 31.5 Å². The fourth-order valence-electron chi connectivity index (χ4n) is 5.08. The van der Waals surface area contributed by atoms with Crippen molar-refractivity contribution in [1.29, 1.82) is 0 Å². The highest BCUT2D eigenvalue weighted by Gasteiger charge is 2.30. The number of halogens is 2. The number of carbonyl (C=O) groups is 2. The molecule has 2 amide bonds. The third-order valence-electron chi connectivity index (χ3n) is 7.04. The van der Waals surface area contributed by atoms with E-state index in [-0.39, 0.29) is 5.91 Å². The van der Waals surface area contributed by atoms with Crippen LogP contribution in [-0.4, -0.2) is 67.5 Å². The fraction of sp³-hybridized carbons (Fsp3) is 0.481. The molecular formula is C27H33Cl2N3O3.